The first-order valence-electron chi connectivity index (χ1n) is 11.8. The van der Waals surface area contributed by atoms with Gasteiger partial charge in [-0.15, -0.1) is 0 Å². The number of amides is 2. The van der Waals surface area contributed by atoms with Gasteiger partial charge in [0.05, 0.1) is 0 Å². The largest absolute Gasteiger partial charge is 0.354 e. The summed E-state index contributed by atoms with van der Waals surface area (Å²) >= 11 is 0. The zero-order valence-corrected chi connectivity index (χ0v) is 18.6. The fourth-order valence-corrected chi connectivity index (χ4v) is 6.24. The third kappa shape index (κ3) is 4.56. The molecule has 0 unspecified atom stereocenters. The van der Waals surface area contributed by atoms with E-state index in [9.17, 15) is 9.59 Å². The summed E-state index contributed by atoms with van der Waals surface area (Å²) in [6, 6.07) is 0.950. The second-order valence-electron chi connectivity index (χ2n) is 9.38. The van der Waals surface area contributed by atoms with E-state index in [1.54, 1.807) is 13.1 Å². The standard InChI is InChI=1S/C23H37N5O2/c1-17-24-10-14-26(17)15-11-25-22(30)9-3-8-21-20-7-5-13-27-12-4-6-19(23(20)27)16-28(21)18(2)29/h10,14,19-21,23H,3-9,11-13,15-16H2,1-2H3,(H,25,30)/t19-,20+,21+,23-/m0/s1. The lowest BCUT2D eigenvalue weighted by molar-refractivity contribution is -0.144. The summed E-state index contributed by atoms with van der Waals surface area (Å²) in [4.78, 5) is 33.8. The first-order chi connectivity index (χ1) is 14.5. The van der Waals surface area contributed by atoms with Crippen LogP contribution in [0.2, 0.25) is 0 Å². The Morgan fingerprint density at radius 1 is 1.23 bits per heavy atom. The summed E-state index contributed by atoms with van der Waals surface area (Å²) in [5.41, 5.74) is 0. The molecule has 0 bridgehead atoms. The molecule has 2 amide bonds. The normalized spacial score (nSPS) is 28.8. The van der Waals surface area contributed by atoms with Crippen molar-refractivity contribution in [2.24, 2.45) is 11.8 Å². The topological polar surface area (TPSA) is 70.5 Å². The lowest BCUT2D eigenvalue weighted by Gasteiger charge is -2.57. The van der Waals surface area contributed by atoms with Crippen molar-refractivity contribution < 1.29 is 9.59 Å². The smallest absolute Gasteiger partial charge is 0.220 e. The SMILES string of the molecule is CC(=O)N1C[C@@H]2CCCN3CCC[C@@H]([C@H]23)[C@H]1CCCC(=O)NCCn1ccnc1C. The number of aromatic nitrogens is 2. The minimum Gasteiger partial charge on any atom is -0.354 e. The Balaban J connectivity index is 1.29. The molecule has 1 N–H and O–H groups in total. The second kappa shape index (κ2) is 9.50. The monoisotopic (exact) mass is 415 g/mol. The molecule has 7 nitrogen and oxygen atoms in total. The number of likely N-dealkylation sites (tertiary alicyclic amines) is 1. The summed E-state index contributed by atoms with van der Waals surface area (Å²) in [7, 11) is 0. The molecular formula is C23H37N5O2. The van der Waals surface area contributed by atoms with Gasteiger partial charge < -0.3 is 14.8 Å². The van der Waals surface area contributed by atoms with Crippen molar-refractivity contribution in [2.75, 3.05) is 26.2 Å². The summed E-state index contributed by atoms with van der Waals surface area (Å²) in [6.45, 7) is 8.43. The van der Waals surface area contributed by atoms with E-state index in [2.05, 4.69) is 20.1 Å². The van der Waals surface area contributed by atoms with E-state index < -0.39 is 0 Å². The van der Waals surface area contributed by atoms with E-state index in [0.717, 1.165) is 31.8 Å². The molecule has 3 saturated heterocycles. The Kier molecular flexibility index (Phi) is 6.76. The van der Waals surface area contributed by atoms with Crippen LogP contribution in [0.5, 0.6) is 0 Å². The summed E-state index contributed by atoms with van der Waals surface area (Å²) in [6.07, 6.45) is 11.0. The highest BCUT2D eigenvalue weighted by molar-refractivity contribution is 5.76. The molecule has 0 aromatic carbocycles. The minimum atomic E-state index is 0.110. The molecule has 4 atom stereocenters. The molecule has 1 aromatic heterocycles. The minimum absolute atomic E-state index is 0.110. The van der Waals surface area contributed by atoms with Crippen LogP contribution in [-0.2, 0) is 16.1 Å². The predicted octanol–water partition coefficient (Wildman–Crippen LogP) is 2.20. The highest BCUT2D eigenvalue weighted by Gasteiger charge is 2.48. The number of carbonyl (C=O) groups excluding carboxylic acids is 2. The zero-order valence-electron chi connectivity index (χ0n) is 18.6. The van der Waals surface area contributed by atoms with Crippen LogP contribution in [0.3, 0.4) is 0 Å². The number of imidazole rings is 1. The van der Waals surface area contributed by atoms with E-state index in [1.165, 1.54) is 38.8 Å². The lowest BCUT2D eigenvalue weighted by atomic mass is 9.69. The van der Waals surface area contributed by atoms with Crippen molar-refractivity contribution in [3.8, 4) is 0 Å². The van der Waals surface area contributed by atoms with Gasteiger partial charge in [0.1, 0.15) is 5.82 Å². The van der Waals surface area contributed by atoms with Gasteiger partial charge in [-0.3, -0.25) is 14.5 Å². The molecule has 0 spiro atoms. The highest BCUT2D eigenvalue weighted by atomic mass is 16.2. The molecule has 30 heavy (non-hydrogen) atoms. The van der Waals surface area contributed by atoms with Crippen molar-refractivity contribution >= 4 is 11.8 Å². The van der Waals surface area contributed by atoms with Gasteiger partial charge in [0.15, 0.2) is 0 Å². The van der Waals surface area contributed by atoms with Crippen LogP contribution < -0.4 is 5.32 Å². The first kappa shape index (κ1) is 21.3. The lowest BCUT2D eigenvalue weighted by Crippen LogP contribution is -2.65. The second-order valence-corrected chi connectivity index (χ2v) is 9.38. The van der Waals surface area contributed by atoms with Crippen molar-refractivity contribution in [3.05, 3.63) is 18.2 Å². The van der Waals surface area contributed by atoms with Crippen LogP contribution in [0.25, 0.3) is 0 Å². The Morgan fingerprint density at radius 3 is 2.77 bits per heavy atom. The Morgan fingerprint density at radius 2 is 2.03 bits per heavy atom. The Hall–Kier alpha value is -1.89. The Labute approximate surface area is 180 Å². The Bertz CT molecular complexity index is 746. The van der Waals surface area contributed by atoms with E-state index in [4.69, 9.17) is 0 Å². The molecule has 3 aliphatic rings. The number of nitrogens with zero attached hydrogens (tertiary/aromatic N) is 4. The molecule has 1 aromatic rings. The van der Waals surface area contributed by atoms with Gasteiger partial charge >= 0.3 is 0 Å². The van der Waals surface area contributed by atoms with Gasteiger partial charge in [0.2, 0.25) is 11.8 Å². The number of hydrogen-bond donors (Lipinski definition) is 1. The zero-order chi connectivity index (χ0) is 21.1. The maximum atomic E-state index is 12.4. The molecule has 166 valence electrons. The quantitative estimate of drug-likeness (QED) is 0.741. The molecule has 4 heterocycles. The third-order valence-corrected chi connectivity index (χ3v) is 7.58. The van der Waals surface area contributed by atoms with E-state index in [1.807, 2.05) is 17.7 Å². The van der Waals surface area contributed by atoms with E-state index in [0.29, 0.717) is 36.9 Å². The van der Waals surface area contributed by atoms with Crippen molar-refractivity contribution in [1.82, 2.24) is 24.7 Å². The van der Waals surface area contributed by atoms with Gasteiger partial charge in [-0.2, -0.15) is 0 Å². The molecule has 0 radical (unpaired) electrons. The van der Waals surface area contributed by atoms with E-state index >= 15 is 0 Å². The fraction of sp³-hybridized carbons (Fsp3) is 0.783. The van der Waals surface area contributed by atoms with Crippen LogP contribution in [-0.4, -0.2) is 69.4 Å². The van der Waals surface area contributed by atoms with E-state index in [-0.39, 0.29) is 11.8 Å². The van der Waals surface area contributed by atoms with Gasteiger partial charge in [0, 0.05) is 57.5 Å². The average Bonchev–Trinajstić information content (AvgIpc) is 3.14. The summed E-state index contributed by atoms with van der Waals surface area (Å²) in [5.74, 6) is 2.50. The van der Waals surface area contributed by atoms with Crippen LogP contribution in [0, 0.1) is 18.8 Å². The number of hydrogen-bond acceptors (Lipinski definition) is 4. The highest BCUT2D eigenvalue weighted by Crippen LogP contribution is 2.43. The van der Waals surface area contributed by atoms with Crippen LogP contribution in [0.1, 0.15) is 57.7 Å². The van der Waals surface area contributed by atoms with Crippen molar-refractivity contribution in [2.45, 2.75) is 77.4 Å². The van der Waals surface area contributed by atoms with Crippen molar-refractivity contribution in [1.29, 1.82) is 0 Å². The van der Waals surface area contributed by atoms with Crippen LogP contribution in [0.4, 0.5) is 0 Å². The molecule has 3 aliphatic heterocycles. The molecular weight excluding hydrogens is 378 g/mol. The molecule has 3 fully saturated rings. The van der Waals surface area contributed by atoms with Crippen molar-refractivity contribution in [3.63, 3.8) is 0 Å². The summed E-state index contributed by atoms with van der Waals surface area (Å²) < 4.78 is 2.04. The first-order valence-corrected chi connectivity index (χ1v) is 11.8. The number of nitrogens with one attached hydrogen (secondary N) is 1. The maximum absolute atomic E-state index is 12.4. The molecule has 4 rings (SSSR count). The van der Waals surface area contributed by atoms with Crippen LogP contribution >= 0.6 is 0 Å². The van der Waals surface area contributed by atoms with Gasteiger partial charge in [-0.1, -0.05) is 0 Å². The van der Waals surface area contributed by atoms with Crippen LogP contribution in [0.15, 0.2) is 12.4 Å². The summed E-state index contributed by atoms with van der Waals surface area (Å²) in [5, 5.41) is 3.03. The molecule has 0 aliphatic carbocycles. The maximum Gasteiger partial charge on any atom is 0.220 e. The van der Waals surface area contributed by atoms with Gasteiger partial charge in [0.25, 0.3) is 0 Å². The molecule has 0 saturated carbocycles. The molecule has 7 heteroatoms. The number of piperidine rings is 3. The van der Waals surface area contributed by atoms with Gasteiger partial charge in [-0.25, -0.2) is 4.98 Å². The number of carbonyl (C=O) groups is 2. The average molecular weight is 416 g/mol. The van der Waals surface area contributed by atoms with Gasteiger partial charge in [-0.05, 0) is 70.4 Å². The fourth-order valence-electron chi connectivity index (χ4n) is 6.24. The predicted molar refractivity (Wildman–Crippen MR) is 116 cm³/mol. The number of rotatable bonds is 7. The number of aryl methyl sites for hydroxylation is 1. The third-order valence-electron chi connectivity index (χ3n) is 7.58.